The van der Waals surface area contributed by atoms with Gasteiger partial charge in [-0.2, -0.15) is 15.0 Å². The van der Waals surface area contributed by atoms with Crippen LogP contribution >= 0.6 is 0 Å². The maximum absolute atomic E-state index is 5.47. The van der Waals surface area contributed by atoms with Crippen molar-refractivity contribution in [1.29, 1.82) is 0 Å². The van der Waals surface area contributed by atoms with Crippen LogP contribution in [0, 0.1) is 0 Å². The molecule has 9 nitrogen and oxygen atoms in total. The Kier molecular flexibility index (Phi) is 4.32. The topological polar surface area (TPSA) is 98.5 Å². The Morgan fingerprint density at radius 2 is 1.57 bits per heavy atom. The van der Waals surface area contributed by atoms with E-state index in [2.05, 4.69) is 47.7 Å². The smallest absolute Gasteiger partial charge is 0.244 e. The highest BCUT2D eigenvalue weighted by molar-refractivity contribution is 5.43. The average molecular weight is 293 g/mol. The van der Waals surface area contributed by atoms with E-state index in [0.717, 1.165) is 39.3 Å². The highest BCUT2D eigenvalue weighted by Crippen LogP contribution is 2.18. The van der Waals surface area contributed by atoms with Crippen LogP contribution in [0.2, 0.25) is 0 Å². The molecule has 0 aromatic carbocycles. The van der Waals surface area contributed by atoms with Crippen molar-refractivity contribution >= 4 is 17.8 Å². The molecule has 2 saturated heterocycles. The van der Waals surface area contributed by atoms with Gasteiger partial charge in [0.25, 0.3) is 0 Å². The summed E-state index contributed by atoms with van der Waals surface area (Å²) >= 11 is 0. The van der Waals surface area contributed by atoms with Crippen molar-refractivity contribution in [2.24, 2.45) is 5.84 Å². The number of nitrogen functional groups attached to an aromatic ring is 1. The van der Waals surface area contributed by atoms with Crippen LogP contribution in [0.25, 0.3) is 0 Å². The maximum atomic E-state index is 5.47. The van der Waals surface area contributed by atoms with Crippen molar-refractivity contribution in [2.45, 2.75) is 12.8 Å². The van der Waals surface area contributed by atoms with E-state index < -0.39 is 0 Å². The Hall–Kier alpha value is -1.71. The van der Waals surface area contributed by atoms with E-state index in [4.69, 9.17) is 5.84 Å². The molecule has 2 fully saturated rings. The highest BCUT2D eigenvalue weighted by Gasteiger charge is 2.19. The zero-order chi connectivity index (χ0) is 14.7. The molecule has 1 aromatic rings. The second kappa shape index (κ2) is 6.37. The Morgan fingerprint density at radius 1 is 0.905 bits per heavy atom. The number of hydrazine groups is 2. The summed E-state index contributed by atoms with van der Waals surface area (Å²) in [6.45, 7) is 5.90. The van der Waals surface area contributed by atoms with Gasteiger partial charge in [-0.05, 0) is 19.9 Å². The molecule has 0 unspecified atom stereocenters. The summed E-state index contributed by atoms with van der Waals surface area (Å²) in [7, 11) is 2.13. The quantitative estimate of drug-likeness (QED) is 0.493. The molecule has 4 N–H and O–H groups in total. The van der Waals surface area contributed by atoms with E-state index in [1.165, 1.54) is 12.8 Å². The first kappa shape index (κ1) is 14.2. The number of hydrogen-bond donors (Lipinski definition) is 3. The van der Waals surface area contributed by atoms with Gasteiger partial charge < -0.3 is 9.80 Å². The number of nitrogens with two attached hydrogens (primary N) is 1. The van der Waals surface area contributed by atoms with Gasteiger partial charge in [0.2, 0.25) is 17.8 Å². The number of nitrogens with one attached hydrogen (secondary N) is 2. The molecule has 0 saturated carbocycles. The van der Waals surface area contributed by atoms with Gasteiger partial charge in [0.15, 0.2) is 0 Å². The lowest BCUT2D eigenvalue weighted by Gasteiger charge is -2.32. The van der Waals surface area contributed by atoms with Crippen molar-refractivity contribution in [3.05, 3.63) is 0 Å². The molecular weight excluding hydrogens is 270 g/mol. The minimum absolute atomic E-state index is 0.392. The maximum Gasteiger partial charge on any atom is 0.244 e. The van der Waals surface area contributed by atoms with E-state index in [0.29, 0.717) is 17.8 Å². The molecule has 3 rings (SSSR count). The molecule has 0 atom stereocenters. The third-order valence-electron chi connectivity index (χ3n) is 3.90. The molecule has 9 heteroatoms. The third kappa shape index (κ3) is 3.49. The van der Waals surface area contributed by atoms with Gasteiger partial charge in [-0.15, -0.1) is 0 Å². The Labute approximate surface area is 124 Å². The van der Waals surface area contributed by atoms with Crippen LogP contribution in [0.5, 0.6) is 0 Å². The van der Waals surface area contributed by atoms with Crippen LogP contribution in [0.4, 0.5) is 17.8 Å². The zero-order valence-corrected chi connectivity index (χ0v) is 12.4. The van der Waals surface area contributed by atoms with Crippen LogP contribution in [0.3, 0.4) is 0 Å². The average Bonchev–Trinajstić information content (AvgIpc) is 3.04. The van der Waals surface area contributed by atoms with Crippen LogP contribution in [-0.2, 0) is 0 Å². The lowest BCUT2D eigenvalue weighted by molar-refractivity contribution is 0.178. The van der Waals surface area contributed by atoms with Crippen LogP contribution < -0.4 is 21.6 Å². The number of rotatable bonds is 4. The van der Waals surface area contributed by atoms with Gasteiger partial charge in [0.05, 0.1) is 0 Å². The summed E-state index contributed by atoms with van der Waals surface area (Å²) < 4.78 is 0. The van der Waals surface area contributed by atoms with E-state index >= 15 is 0 Å². The Bertz CT molecular complexity index is 466. The summed E-state index contributed by atoms with van der Waals surface area (Å²) in [5.41, 5.74) is 5.78. The second-order valence-corrected chi connectivity index (χ2v) is 5.52. The van der Waals surface area contributed by atoms with Crippen molar-refractivity contribution in [1.82, 2.24) is 24.9 Å². The lowest BCUT2D eigenvalue weighted by Crippen LogP contribution is -2.47. The molecule has 0 amide bonds. The first-order valence-electron chi connectivity index (χ1n) is 7.42. The summed E-state index contributed by atoms with van der Waals surface area (Å²) in [5.74, 6) is 7.09. The summed E-state index contributed by atoms with van der Waals surface area (Å²) in [4.78, 5) is 17.6. The third-order valence-corrected chi connectivity index (χ3v) is 3.90. The van der Waals surface area contributed by atoms with Gasteiger partial charge in [0.1, 0.15) is 0 Å². The van der Waals surface area contributed by atoms with Crippen molar-refractivity contribution in [2.75, 3.05) is 62.1 Å². The number of anilines is 3. The summed E-state index contributed by atoms with van der Waals surface area (Å²) in [6, 6.07) is 0. The van der Waals surface area contributed by atoms with E-state index in [1.807, 2.05) is 0 Å². The molecular formula is C12H23N9. The number of aromatic nitrogens is 3. The molecule has 0 bridgehead atoms. The van der Waals surface area contributed by atoms with Gasteiger partial charge in [-0.25, -0.2) is 10.9 Å². The van der Waals surface area contributed by atoms with Gasteiger partial charge in [-0.3, -0.25) is 10.9 Å². The largest absolute Gasteiger partial charge is 0.341 e. The molecule has 0 radical (unpaired) electrons. The predicted molar refractivity (Wildman–Crippen MR) is 81.8 cm³/mol. The Morgan fingerprint density at radius 3 is 2.24 bits per heavy atom. The highest BCUT2D eigenvalue weighted by atomic mass is 15.6. The molecule has 116 valence electrons. The molecule has 0 spiro atoms. The Balaban J connectivity index is 1.72. The number of piperazine rings is 1. The lowest BCUT2D eigenvalue weighted by atomic mass is 10.4. The van der Waals surface area contributed by atoms with Gasteiger partial charge in [-0.1, -0.05) is 0 Å². The monoisotopic (exact) mass is 293 g/mol. The van der Waals surface area contributed by atoms with Crippen LogP contribution in [0.15, 0.2) is 0 Å². The first-order valence-corrected chi connectivity index (χ1v) is 7.42. The van der Waals surface area contributed by atoms with Crippen molar-refractivity contribution in [3.8, 4) is 0 Å². The molecule has 2 aliphatic heterocycles. The van der Waals surface area contributed by atoms with Crippen LogP contribution in [0.1, 0.15) is 12.8 Å². The normalized spacial score (nSPS) is 20.8. The minimum atomic E-state index is 0.392. The first-order chi connectivity index (χ1) is 10.2. The fourth-order valence-corrected chi connectivity index (χ4v) is 2.60. The number of hydrogen-bond acceptors (Lipinski definition) is 9. The molecule has 3 heterocycles. The molecule has 1 aromatic heterocycles. The number of likely N-dealkylation sites (N-methyl/N-ethyl adjacent to an activating group) is 1. The van der Waals surface area contributed by atoms with Gasteiger partial charge in [0, 0.05) is 39.3 Å². The summed E-state index contributed by atoms with van der Waals surface area (Å²) in [6.07, 6.45) is 2.36. The second-order valence-electron chi connectivity index (χ2n) is 5.52. The van der Waals surface area contributed by atoms with E-state index in [-0.39, 0.29) is 0 Å². The van der Waals surface area contributed by atoms with Crippen LogP contribution in [-0.4, -0.2) is 71.2 Å². The van der Waals surface area contributed by atoms with Gasteiger partial charge >= 0.3 is 0 Å². The van der Waals surface area contributed by atoms with E-state index in [9.17, 15) is 0 Å². The van der Waals surface area contributed by atoms with Crippen molar-refractivity contribution in [3.63, 3.8) is 0 Å². The van der Waals surface area contributed by atoms with Crippen molar-refractivity contribution < 1.29 is 0 Å². The minimum Gasteiger partial charge on any atom is -0.341 e. The fourth-order valence-electron chi connectivity index (χ4n) is 2.60. The van der Waals surface area contributed by atoms with E-state index in [1.54, 1.807) is 0 Å². The molecule has 21 heavy (non-hydrogen) atoms. The SMILES string of the molecule is CN1CCN(Nc2nc(NN)nc(N3CCCC3)n2)CC1. The summed E-state index contributed by atoms with van der Waals surface area (Å²) in [5, 5.41) is 2.13. The standard InChI is InChI=1S/C12H23N9/c1-19-6-8-21(9-7-19)18-11-14-10(17-13)15-12(16-11)20-4-2-3-5-20/h2-9,13H2,1H3,(H2,14,15,16,17,18). The number of nitrogens with zero attached hydrogens (tertiary/aromatic N) is 6. The zero-order valence-electron chi connectivity index (χ0n) is 12.4. The molecule has 2 aliphatic rings. The molecule has 0 aliphatic carbocycles. The predicted octanol–water partition coefficient (Wildman–Crippen LogP) is -0.668. The fraction of sp³-hybridized carbons (Fsp3) is 0.750.